The monoisotopic (exact) mass is 661 g/mol. The van der Waals surface area contributed by atoms with Crippen LogP contribution in [0.15, 0.2) is 146 Å². The Morgan fingerprint density at radius 1 is 0.647 bits per heavy atom. The average Bonchev–Trinajstić information content (AvgIpc) is 3.70. The second-order valence-corrected chi connectivity index (χ2v) is 15.1. The van der Waals surface area contributed by atoms with Crippen LogP contribution < -0.4 is 14.4 Å². The first-order valence-electron chi connectivity index (χ1n) is 18.6. The Kier molecular flexibility index (Phi) is 6.01. The van der Waals surface area contributed by atoms with Crippen molar-refractivity contribution in [2.45, 2.75) is 50.4 Å². The van der Waals surface area contributed by atoms with Gasteiger partial charge in [-0.2, -0.15) is 0 Å². The number of benzene rings is 6. The standard InChI is InChI=1S/C48H39NO2/c1-3-30(2)31-14-13-17-33(26-31)49(32-15-5-4-6-16-32)34-23-24-42-43(27-34)51-44-28-37-35-18-7-9-20-38(35)48(41(37)29-45(44)50-42)39-21-10-8-19-36(39)46-40-22-11-12-25-47(40,46)48/h4-10,12-21,23-30,40,46H,3,11,22H2,1-2H3/t30?,40-,46?,47?,48?/m0/s1. The van der Waals surface area contributed by atoms with Gasteiger partial charge in [-0.25, -0.2) is 0 Å². The van der Waals surface area contributed by atoms with Crippen LogP contribution in [0.2, 0.25) is 0 Å². The molecule has 0 bridgehead atoms. The molecule has 1 aliphatic heterocycles. The molecule has 6 aromatic carbocycles. The van der Waals surface area contributed by atoms with Crippen LogP contribution in [0.1, 0.15) is 72.8 Å². The summed E-state index contributed by atoms with van der Waals surface area (Å²) in [4.78, 5) is 2.31. The number of nitrogens with zero attached hydrogens (tertiary/aromatic N) is 1. The van der Waals surface area contributed by atoms with E-state index in [-0.39, 0.29) is 10.8 Å². The summed E-state index contributed by atoms with van der Waals surface area (Å²) < 4.78 is 13.7. The molecule has 0 N–H and O–H groups in total. The zero-order valence-corrected chi connectivity index (χ0v) is 29.0. The van der Waals surface area contributed by atoms with Gasteiger partial charge in [0, 0.05) is 22.9 Å². The Labute approximate surface area is 299 Å². The Balaban J connectivity index is 1.05. The number of allylic oxidation sites excluding steroid dienone is 2. The highest BCUT2D eigenvalue weighted by Crippen LogP contribution is 2.86. The first kappa shape index (κ1) is 29.2. The van der Waals surface area contributed by atoms with Crippen LogP contribution in [0.3, 0.4) is 0 Å². The third-order valence-electron chi connectivity index (χ3n) is 12.9. The highest BCUT2D eigenvalue weighted by molar-refractivity contribution is 5.90. The van der Waals surface area contributed by atoms with E-state index in [2.05, 4.69) is 164 Å². The van der Waals surface area contributed by atoms with Gasteiger partial charge in [0.2, 0.25) is 0 Å². The number of anilines is 3. The summed E-state index contributed by atoms with van der Waals surface area (Å²) in [6.07, 6.45) is 8.56. The van der Waals surface area contributed by atoms with Crippen LogP contribution in [-0.4, -0.2) is 0 Å². The molecule has 51 heavy (non-hydrogen) atoms. The third-order valence-corrected chi connectivity index (χ3v) is 12.9. The van der Waals surface area contributed by atoms with Gasteiger partial charge >= 0.3 is 0 Å². The van der Waals surface area contributed by atoms with Gasteiger partial charge in [0.05, 0.1) is 11.1 Å². The number of hydrogen-bond acceptors (Lipinski definition) is 3. The first-order chi connectivity index (χ1) is 25.1. The van der Waals surface area contributed by atoms with Gasteiger partial charge in [0.25, 0.3) is 0 Å². The van der Waals surface area contributed by atoms with Crippen molar-refractivity contribution in [1.82, 2.24) is 0 Å². The molecule has 3 nitrogen and oxygen atoms in total. The third kappa shape index (κ3) is 3.74. The number of para-hydroxylation sites is 1. The zero-order chi connectivity index (χ0) is 33.9. The molecule has 0 amide bonds. The summed E-state index contributed by atoms with van der Waals surface area (Å²) in [6, 6.07) is 48.8. The molecule has 4 unspecified atom stereocenters. The summed E-state index contributed by atoms with van der Waals surface area (Å²) in [5, 5.41) is 0. The predicted molar refractivity (Wildman–Crippen MR) is 205 cm³/mol. The fourth-order valence-electron chi connectivity index (χ4n) is 10.6. The molecule has 0 saturated heterocycles. The number of ether oxygens (including phenoxy) is 2. The maximum absolute atomic E-state index is 6.86. The van der Waals surface area contributed by atoms with Crippen molar-refractivity contribution < 1.29 is 9.47 Å². The molecule has 5 aliphatic rings. The fourth-order valence-corrected chi connectivity index (χ4v) is 10.6. The molecule has 1 fully saturated rings. The van der Waals surface area contributed by atoms with Crippen LogP contribution in [0.5, 0.6) is 23.0 Å². The van der Waals surface area contributed by atoms with E-state index < -0.39 is 0 Å². The lowest BCUT2D eigenvalue weighted by Gasteiger charge is -2.40. The SMILES string of the molecule is CCC(C)c1cccc(N(c2ccccc2)c2ccc3c(c2)Oc2cc4c(cc2O3)C2(c3ccccc3-4)c3ccccc3C3[C@@H]4CCC=CC342)c1. The van der Waals surface area contributed by atoms with Crippen LogP contribution in [0, 0.1) is 11.3 Å². The Bertz CT molecular complexity index is 2430. The maximum Gasteiger partial charge on any atom is 0.172 e. The van der Waals surface area contributed by atoms with Gasteiger partial charge in [0.1, 0.15) is 0 Å². The van der Waals surface area contributed by atoms with E-state index in [1.165, 1.54) is 51.8 Å². The van der Waals surface area contributed by atoms with Gasteiger partial charge in [-0.15, -0.1) is 0 Å². The molecule has 5 atom stereocenters. The summed E-state index contributed by atoms with van der Waals surface area (Å²) in [5.41, 5.74) is 12.7. The van der Waals surface area contributed by atoms with Crippen LogP contribution >= 0.6 is 0 Å². The van der Waals surface area contributed by atoms with Gasteiger partial charge in [-0.05, 0) is 124 Å². The average molecular weight is 662 g/mol. The Morgan fingerprint density at radius 2 is 1.37 bits per heavy atom. The Hall–Kier alpha value is -5.54. The molecule has 0 radical (unpaired) electrons. The van der Waals surface area contributed by atoms with Crippen molar-refractivity contribution in [2.24, 2.45) is 11.3 Å². The molecule has 1 heterocycles. The number of hydrogen-bond donors (Lipinski definition) is 0. The lowest BCUT2D eigenvalue weighted by atomic mass is 9.61. The van der Waals surface area contributed by atoms with E-state index >= 15 is 0 Å². The van der Waals surface area contributed by atoms with Crippen molar-refractivity contribution in [3.8, 4) is 34.1 Å². The van der Waals surface area contributed by atoms with Crippen molar-refractivity contribution in [3.63, 3.8) is 0 Å². The normalized spacial score (nSPS) is 24.1. The Morgan fingerprint density at radius 3 is 2.25 bits per heavy atom. The highest BCUT2D eigenvalue weighted by Gasteiger charge is 2.80. The smallest absolute Gasteiger partial charge is 0.172 e. The summed E-state index contributed by atoms with van der Waals surface area (Å²) in [6.45, 7) is 4.54. The molecular formula is C48H39NO2. The maximum atomic E-state index is 6.86. The first-order valence-corrected chi connectivity index (χ1v) is 18.6. The minimum absolute atomic E-state index is 0.0555. The predicted octanol–water partition coefficient (Wildman–Crippen LogP) is 12.9. The van der Waals surface area contributed by atoms with Gasteiger partial charge in [-0.1, -0.05) is 105 Å². The van der Waals surface area contributed by atoms with E-state index in [1.54, 1.807) is 0 Å². The van der Waals surface area contributed by atoms with Crippen molar-refractivity contribution >= 4 is 17.1 Å². The lowest BCUT2D eigenvalue weighted by molar-refractivity contribution is 0.355. The second kappa shape index (κ2) is 10.5. The van der Waals surface area contributed by atoms with E-state index in [9.17, 15) is 0 Å². The number of rotatable bonds is 5. The molecule has 1 saturated carbocycles. The van der Waals surface area contributed by atoms with Crippen LogP contribution in [0.25, 0.3) is 11.1 Å². The van der Waals surface area contributed by atoms with Gasteiger partial charge in [-0.3, -0.25) is 0 Å². The molecule has 6 aromatic rings. The summed E-state index contributed by atoms with van der Waals surface area (Å²) in [5.74, 6) is 4.70. The van der Waals surface area contributed by atoms with Gasteiger partial charge in [0.15, 0.2) is 23.0 Å². The van der Waals surface area contributed by atoms with E-state index in [0.717, 1.165) is 46.5 Å². The molecular weight excluding hydrogens is 623 g/mol. The molecule has 11 rings (SSSR count). The zero-order valence-electron chi connectivity index (χ0n) is 29.0. The topological polar surface area (TPSA) is 21.7 Å². The van der Waals surface area contributed by atoms with E-state index in [1.807, 2.05) is 0 Å². The fraction of sp³-hybridized carbons (Fsp3) is 0.208. The van der Waals surface area contributed by atoms with Crippen LogP contribution in [0.4, 0.5) is 17.1 Å². The van der Waals surface area contributed by atoms with E-state index in [0.29, 0.717) is 17.8 Å². The molecule has 248 valence electrons. The summed E-state index contributed by atoms with van der Waals surface area (Å²) >= 11 is 0. The van der Waals surface area contributed by atoms with Gasteiger partial charge < -0.3 is 14.4 Å². The van der Waals surface area contributed by atoms with Crippen LogP contribution in [-0.2, 0) is 5.41 Å². The molecule has 3 heteroatoms. The summed E-state index contributed by atoms with van der Waals surface area (Å²) in [7, 11) is 0. The number of fused-ring (bicyclic) bond motifs is 11. The van der Waals surface area contributed by atoms with Crippen molar-refractivity contribution in [2.75, 3.05) is 4.90 Å². The largest absolute Gasteiger partial charge is 0.449 e. The quantitative estimate of drug-likeness (QED) is 0.171. The minimum Gasteiger partial charge on any atom is -0.449 e. The molecule has 2 spiro atoms. The molecule has 4 aliphatic carbocycles. The minimum atomic E-state index is -0.246. The van der Waals surface area contributed by atoms with Crippen molar-refractivity contribution in [3.05, 3.63) is 173 Å². The second-order valence-electron chi connectivity index (χ2n) is 15.1. The highest BCUT2D eigenvalue weighted by atomic mass is 16.6. The molecule has 0 aromatic heterocycles. The van der Waals surface area contributed by atoms with Crippen molar-refractivity contribution in [1.29, 1.82) is 0 Å². The lowest BCUT2D eigenvalue weighted by Crippen LogP contribution is -2.37. The van der Waals surface area contributed by atoms with E-state index in [4.69, 9.17) is 9.47 Å².